The van der Waals surface area contributed by atoms with Crippen molar-refractivity contribution in [2.75, 3.05) is 25.2 Å². The van der Waals surface area contributed by atoms with Gasteiger partial charge in [-0.25, -0.2) is 4.68 Å². The average molecular weight is 483 g/mol. The van der Waals surface area contributed by atoms with Gasteiger partial charge in [0.2, 0.25) is 11.8 Å². The third kappa shape index (κ3) is 5.72. The van der Waals surface area contributed by atoms with Crippen LogP contribution in [0, 0.1) is 6.92 Å². The number of ether oxygens (including phenoxy) is 1. The van der Waals surface area contributed by atoms with Crippen molar-refractivity contribution in [2.45, 2.75) is 25.6 Å². The molecule has 9 heteroatoms. The summed E-state index contributed by atoms with van der Waals surface area (Å²) in [6, 6.07) is 16.8. The lowest BCUT2D eigenvalue weighted by Gasteiger charge is -2.18. The summed E-state index contributed by atoms with van der Waals surface area (Å²) in [5.41, 5.74) is 2.29. The zero-order valence-electron chi connectivity index (χ0n) is 20.1. The molecule has 0 spiro atoms. The highest BCUT2D eigenvalue weighted by molar-refractivity contribution is 8.01. The SMILES string of the molecule is COc1ccc(CN(C)C(=O)CSC(C)C(=O)Nc2c(C)n(C)n(-c3ccccc3)c2=O)cc1. The fourth-order valence-electron chi connectivity index (χ4n) is 3.41. The van der Waals surface area contributed by atoms with Crippen molar-refractivity contribution in [3.05, 3.63) is 76.2 Å². The van der Waals surface area contributed by atoms with E-state index in [4.69, 9.17) is 4.74 Å². The van der Waals surface area contributed by atoms with Crippen LogP contribution in [0.1, 0.15) is 18.2 Å². The molecule has 0 saturated carbocycles. The van der Waals surface area contributed by atoms with Gasteiger partial charge in [-0.1, -0.05) is 30.3 Å². The molecule has 1 unspecified atom stereocenters. The number of aromatic nitrogens is 2. The van der Waals surface area contributed by atoms with E-state index in [0.29, 0.717) is 17.9 Å². The molecule has 0 aliphatic heterocycles. The first-order valence-corrected chi connectivity index (χ1v) is 11.9. The highest BCUT2D eigenvalue weighted by Gasteiger charge is 2.22. The van der Waals surface area contributed by atoms with E-state index >= 15 is 0 Å². The summed E-state index contributed by atoms with van der Waals surface area (Å²) in [4.78, 5) is 40.0. The number of carbonyl (C=O) groups excluding carboxylic acids is 2. The minimum atomic E-state index is -0.512. The number of hydrogen-bond acceptors (Lipinski definition) is 5. The Hall–Kier alpha value is -3.46. The van der Waals surface area contributed by atoms with Gasteiger partial charge >= 0.3 is 0 Å². The summed E-state index contributed by atoms with van der Waals surface area (Å²) < 4.78 is 8.38. The Bertz CT molecular complexity index is 1200. The Kier molecular flexibility index (Phi) is 8.22. The molecule has 0 aliphatic carbocycles. The second-order valence-electron chi connectivity index (χ2n) is 7.98. The molecule has 180 valence electrons. The number of carbonyl (C=O) groups is 2. The van der Waals surface area contributed by atoms with E-state index in [2.05, 4.69) is 5.32 Å². The van der Waals surface area contributed by atoms with Gasteiger partial charge in [0.1, 0.15) is 11.4 Å². The molecule has 3 rings (SSSR count). The van der Waals surface area contributed by atoms with Crippen LogP contribution in [0.2, 0.25) is 0 Å². The van der Waals surface area contributed by atoms with Gasteiger partial charge in [-0.15, -0.1) is 11.8 Å². The van der Waals surface area contributed by atoms with Crippen molar-refractivity contribution in [2.24, 2.45) is 7.05 Å². The Morgan fingerprint density at radius 3 is 2.38 bits per heavy atom. The first-order valence-electron chi connectivity index (χ1n) is 10.9. The topological polar surface area (TPSA) is 85.6 Å². The van der Waals surface area contributed by atoms with Crippen LogP contribution in [-0.4, -0.2) is 51.2 Å². The number of nitrogens with zero attached hydrogens (tertiary/aromatic N) is 3. The second-order valence-corrected chi connectivity index (χ2v) is 9.31. The first kappa shape index (κ1) is 25.2. The van der Waals surface area contributed by atoms with Crippen LogP contribution < -0.4 is 15.6 Å². The molecule has 0 radical (unpaired) electrons. The highest BCUT2D eigenvalue weighted by atomic mass is 32.2. The summed E-state index contributed by atoms with van der Waals surface area (Å²) in [7, 11) is 5.11. The quantitative estimate of drug-likeness (QED) is 0.506. The van der Waals surface area contributed by atoms with Crippen molar-refractivity contribution in [1.82, 2.24) is 14.3 Å². The number of nitrogens with one attached hydrogen (secondary N) is 1. The Balaban J connectivity index is 1.59. The van der Waals surface area contributed by atoms with Crippen LogP contribution in [0.5, 0.6) is 5.75 Å². The lowest BCUT2D eigenvalue weighted by atomic mass is 10.2. The molecule has 0 saturated heterocycles. The maximum Gasteiger partial charge on any atom is 0.295 e. The van der Waals surface area contributed by atoms with Crippen LogP contribution >= 0.6 is 11.8 Å². The van der Waals surface area contributed by atoms with E-state index < -0.39 is 5.25 Å². The van der Waals surface area contributed by atoms with E-state index in [1.54, 1.807) is 44.6 Å². The van der Waals surface area contributed by atoms with Gasteiger partial charge in [-0.05, 0) is 43.7 Å². The minimum absolute atomic E-state index is 0.0807. The molecule has 1 heterocycles. The fraction of sp³-hybridized carbons (Fsp3) is 0.320. The van der Waals surface area contributed by atoms with E-state index in [0.717, 1.165) is 11.3 Å². The molecule has 2 amide bonds. The van der Waals surface area contributed by atoms with Gasteiger partial charge in [0.05, 0.1) is 29.5 Å². The third-order valence-electron chi connectivity index (χ3n) is 5.63. The molecule has 2 aromatic carbocycles. The molecule has 0 aliphatic rings. The van der Waals surface area contributed by atoms with Crippen molar-refractivity contribution in [3.63, 3.8) is 0 Å². The molecule has 1 N–H and O–H groups in total. The monoisotopic (exact) mass is 482 g/mol. The highest BCUT2D eigenvalue weighted by Crippen LogP contribution is 2.18. The number of anilines is 1. The lowest BCUT2D eigenvalue weighted by Crippen LogP contribution is -2.31. The van der Waals surface area contributed by atoms with Gasteiger partial charge in [-0.2, -0.15) is 0 Å². The van der Waals surface area contributed by atoms with Crippen LogP contribution in [-0.2, 0) is 23.2 Å². The number of hydrogen-bond donors (Lipinski definition) is 1. The van der Waals surface area contributed by atoms with E-state index in [-0.39, 0.29) is 28.8 Å². The largest absolute Gasteiger partial charge is 0.497 e. The van der Waals surface area contributed by atoms with Crippen molar-refractivity contribution in [3.8, 4) is 11.4 Å². The Morgan fingerprint density at radius 2 is 1.76 bits per heavy atom. The van der Waals surface area contributed by atoms with Gasteiger partial charge in [0, 0.05) is 20.6 Å². The number of benzene rings is 2. The van der Waals surface area contributed by atoms with Crippen LogP contribution in [0.15, 0.2) is 59.4 Å². The summed E-state index contributed by atoms with van der Waals surface area (Å²) in [6.07, 6.45) is 0. The summed E-state index contributed by atoms with van der Waals surface area (Å²) in [6.45, 7) is 3.98. The Morgan fingerprint density at radius 1 is 1.12 bits per heavy atom. The smallest absolute Gasteiger partial charge is 0.295 e. The van der Waals surface area contributed by atoms with Crippen molar-refractivity contribution < 1.29 is 14.3 Å². The number of methoxy groups -OCH3 is 1. The molecular weight excluding hydrogens is 452 g/mol. The second kappa shape index (κ2) is 11.1. The number of amides is 2. The van der Waals surface area contributed by atoms with Gasteiger partial charge < -0.3 is 15.0 Å². The summed E-state index contributed by atoms with van der Waals surface area (Å²) in [5, 5.41) is 2.25. The van der Waals surface area contributed by atoms with Crippen LogP contribution in [0.4, 0.5) is 5.69 Å². The number of rotatable bonds is 9. The van der Waals surface area contributed by atoms with Crippen molar-refractivity contribution in [1.29, 1.82) is 0 Å². The predicted octanol–water partition coefficient (Wildman–Crippen LogP) is 3.21. The van der Waals surface area contributed by atoms with Crippen LogP contribution in [0.25, 0.3) is 5.69 Å². The average Bonchev–Trinajstić information content (AvgIpc) is 3.06. The van der Waals surface area contributed by atoms with Crippen LogP contribution in [0.3, 0.4) is 0 Å². The molecule has 1 atom stereocenters. The lowest BCUT2D eigenvalue weighted by molar-refractivity contribution is -0.127. The van der Waals surface area contributed by atoms with E-state index in [1.807, 2.05) is 54.6 Å². The normalized spacial score (nSPS) is 11.7. The molecular formula is C25H30N4O4S. The fourth-order valence-corrected chi connectivity index (χ4v) is 4.24. The number of thioether (sulfide) groups is 1. The van der Waals surface area contributed by atoms with Gasteiger partial charge in [0.15, 0.2) is 0 Å². The van der Waals surface area contributed by atoms with E-state index in [1.165, 1.54) is 16.4 Å². The zero-order valence-corrected chi connectivity index (χ0v) is 20.9. The van der Waals surface area contributed by atoms with Gasteiger partial charge in [-0.3, -0.25) is 19.1 Å². The van der Waals surface area contributed by atoms with Gasteiger partial charge in [0.25, 0.3) is 5.56 Å². The molecule has 3 aromatic rings. The van der Waals surface area contributed by atoms with Crippen molar-refractivity contribution >= 4 is 29.3 Å². The Labute approximate surface area is 203 Å². The first-order chi connectivity index (χ1) is 16.2. The zero-order chi connectivity index (χ0) is 24.8. The molecule has 34 heavy (non-hydrogen) atoms. The van der Waals surface area contributed by atoms with E-state index in [9.17, 15) is 14.4 Å². The molecule has 8 nitrogen and oxygen atoms in total. The number of para-hydroxylation sites is 1. The summed E-state index contributed by atoms with van der Waals surface area (Å²) >= 11 is 1.24. The molecule has 0 fully saturated rings. The molecule has 0 bridgehead atoms. The maximum absolute atomic E-state index is 13.0. The predicted molar refractivity (Wildman–Crippen MR) is 136 cm³/mol. The minimum Gasteiger partial charge on any atom is -0.497 e. The third-order valence-corrected chi connectivity index (χ3v) is 6.76. The molecule has 1 aromatic heterocycles. The summed E-state index contributed by atoms with van der Waals surface area (Å²) in [5.74, 6) is 0.519. The maximum atomic E-state index is 13.0. The standard InChI is InChI=1S/C25H30N4O4S/c1-17-23(25(32)29(28(17)4)20-9-7-6-8-10-20)26-24(31)18(2)34-16-22(30)27(3)15-19-11-13-21(33-5)14-12-19/h6-14,18H,15-16H2,1-5H3,(H,26,31).